The lowest BCUT2D eigenvalue weighted by atomic mass is 10.1. The first-order chi connectivity index (χ1) is 13.2. The van der Waals surface area contributed by atoms with Crippen molar-refractivity contribution in [3.8, 4) is 0 Å². The highest BCUT2D eigenvalue weighted by atomic mass is 16.6. The molecule has 7 heteroatoms. The van der Waals surface area contributed by atoms with Gasteiger partial charge >= 0.3 is 11.9 Å². The van der Waals surface area contributed by atoms with Crippen molar-refractivity contribution >= 4 is 11.9 Å². The molecule has 27 heavy (non-hydrogen) atoms. The molecule has 0 amide bonds. The zero-order chi connectivity index (χ0) is 20.0. The van der Waals surface area contributed by atoms with E-state index >= 15 is 0 Å². The molecular weight excluding hydrogens is 352 g/mol. The minimum absolute atomic E-state index is 0.149. The molecule has 0 aromatic heterocycles. The van der Waals surface area contributed by atoms with E-state index in [0.717, 1.165) is 19.3 Å². The molecule has 160 valence electrons. The molecule has 0 aromatic rings. The highest BCUT2D eigenvalue weighted by molar-refractivity contribution is 5.69. The van der Waals surface area contributed by atoms with Crippen molar-refractivity contribution in [2.45, 2.75) is 65.2 Å². The molecule has 0 bridgehead atoms. The molecule has 0 saturated carbocycles. The monoisotopic (exact) mass is 390 g/mol. The Bertz CT molecular complexity index is 347. The molecule has 0 saturated heterocycles. The summed E-state index contributed by atoms with van der Waals surface area (Å²) in [5.74, 6) is -0.337. The average Bonchev–Trinajstić information content (AvgIpc) is 2.65. The van der Waals surface area contributed by atoms with Crippen LogP contribution in [0, 0.1) is 0 Å². The second-order valence-corrected chi connectivity index (χ2v) is 6.19. The number of esters is 2. The first-order valence-electron chi connectivity index (χ1n) is 10.2. The van der Waals surface area contributed by atoms with E-state index in [1.165, 1.54) is 19.3 Å². The molecule has 0 aliphatic rings. The molecule has 0 fully saturated rings. The van der Waals surface area contributed by atoms with Crippen LogP contribution in [0.5, 0.6) is 0 Å². The standard InChI is InChI=1S/C20H38O7/c1-3-5-6-7-8-10-20(22)27-18-16-25-14-12-23-11-13-24-15-17-26-19(21)9-4-2/h3-18H2,1-2H3. The second-order valence-electron chi connectivity index (χ2n) is 6.19. The maximum Gasteiger partial charge on any atom is 0.305 e. The number of hydrogen-bond donors (Lipinski definition) is 0. The molecule has 0 aliphatic carbocycles. The van der Waals surface area contributed by atoms with Crippen molar-refractivity contribution in [1.82, 2.24) is 0 Å². The van der Waals surface area contributed by atoms with Crippen LogP contribution in [0.3, 0.4) is 0 Å². The van der Waals surface area contributed by atoms with Gasteiger partial charge in [0.25, 0.3) is 0 Å². The van der Waals surface area contributed by atoms with Gasteiger partial charge in [0, 0.05) is 12.8 Å². The van der Waals surface area contributed by atoms with Gasteiger partial charge in [-0.2, -0.15) is 0 Å². The van der Waals surface area contributed by atoms with Gasteiger partial charge in [0.1, 0.15) is 13.2 Å². The fraction of sp³-hybridized carbons (Fsp3) is 0.900. The molecule has 0 aromatic carbocycles. The van der Waals surface area contributed by atoms with Crippen LogP contribution < -0.4 is 0 Å². The molecule has 7 nitrogen and oxygen atoms in total. The van der Waals surface area contributed by atoms with Crippen LogP contribution in [0.1, 0.15) is 65.2 Å². The van der Waals surface area contributed by atoms with Crippen LogP contribution in [-0.2, 0) is 33.3 Å². The fourth-order valence-electron chi connectivity index (χ4n) is 2.19. The Morgan fingerprint density at radius 2 is 0.963 bits per heavy atom. The molecule has 0 unspecified atom stereocenters. The summed E-state index contributed by atoms with van der Waals surface area (Å²) in [6, 6.07) is 0. The minimum atomic E-state index is -0.188. The van der Waals surface area contributed by atoms with Crippen molar-refractivity contribution in [3.63, 3.8) is 0 Å². The van der Waals surface area contributed by atoms with Crippen molar-refractivity contribution in [2.24, 2.45) is 0 Å². The summed E-state index contributed by atoms with van der Waals surface area (Å²) >= 11 is 0. The predicted octanol–water partition coefficient (Wildman–Crippen LogP) is 3.28. The third-order valence-corrected chi connectivity index (χ3v) is 3.66. The summed E-state index contributed by atoms with van der Waals surface area (Å²) in [4.78, 5) is 22.6. The van der Waals surface area contributed by atoms with Crippen LogP contribution >= 0.6 is 0 Å². The van der Waals surface area contributed by atoms with E-state index in [1.54, 1.807) is 0 Å². The van der Waals surface area contributed by atoms with Crippen LogP contribution in [0.25, 0.3) is 0 Å². The van der Waals surface area contributed by atoms with Gasteiger partial charge in [-0.05, 0) is 12.8 Å². The highest BCUT2D eigenvalue weighted by Crippen LogP contribution is 2.05. The average molecular weight is 391 g/mol. The Morgan fingerprint density at radius 1 is 0.519 bits per heavy atom. The highest BCUT2D eigenvalue weighted by Gasteiger charge is 2.02. The molecule has 0 heterocycles. The SMILES string of the molecule is CCCCCCCC(=O)OCCOCCOCCOCCOC(=O)CCC. The van der Waals surface area contributed by atoms with E-state index in [2.05, 4.69) is 6.92 Å². The lowest BCUT2D eigenvalue weighted by molar-refractivity contribution is -0.146. The topological polar surface area (TPSA) is 80.3 Å². The number of ether oxygens (including phenoxy) is 5. The van der Waals surface area contributed by atoms with Gasteiger partial charge in [0.05, 0.1) is 39.6 Å². The second kappa shape index (κ2) is 21.1. The summed E-state index contributed by atoms with van der Waals surface area (Å²) < 4.78 is 26.0. The lowest BCUT2D eigenvalue weighted by Crippen LogP contribution is -2.15. The maximum absolute atomic E-state index is 11.5. The maximum atomic E-state index is 11.5. The summed E-state index contributed by atoms with van der Waals surface area (Å²) in [6.45, 7) is 7.23. The van der Waals surface area contributed by atoms with Crippen molar-refractivity contribution in [3.05, 3.63) is 0 Å². The first-order valence-corrected chi connectivity index (χ1v) is 10.2. The van der Waals surface area contributed by atoms with Crippen LogP contribution in [0.2, 0.25) is 0 Å². The molecule has 0 atom stereocenters. The summed E-state index contributed by atoms with van der Waals surface area (Å²) in [6.07, 6.45) is 7.33. The minimum Gasteiger partial charge on any atom is -0.463 e. The molecule has 0 spiro atoms. The zero-order valence-corrected chi connectivity index (χ0v) is 17.2. The summed E-state index contributed by atoms with van der Waals surface area (Å²) in [5.41, 5.74) is 0. The van der Waals surface area contributed by atoms with Crippen molar-refractivity contribution in [1.29, 1.82) is 0 Å². The number of carbonyl (C=O) groups is 2. The van der Waals surface area contributed by atoms with E-state index in [1.807, 2.05) is 6.92 Å². The number of rotatable bonds is 20. The normalized spacial score (nSPS) is 10.7. The number of hydrogen-bond acceptors (Lipinski definition) is 7. The van der Waals surface area contributed by atoms with Crippen LogP contribution in [0.4, 0.5) is 0 Å². The summed E-state index contributed by atoms with van der Waals surface area (Å²) in [7, 11) is 0. The Labute approximate surface area is 164 Å². The fourth-order valence-corrected chi connectivity index (χ4v) is 2.19. The van der Waals surface area contributed by atoms with E-state index in [0.29, 0.717) is 52.5 Å². The summed E-state index contributed by atoms with van der Waals surface area (Å²) in [5, 5.41) is 0. The molecular formula is C20H38O7. The van der Waals surface area contributed by atoms with Gasteiger partial charge in [-0.1, -0.05) is 39.5 Å². The van der Waals surface area contributed by atoms with E-state index in [-0.39, 0.29) is 25.2 Å². The van der Waals surface area contributed by atoms with E-state index in [4.69, 9.17) is 23.7 Å². The number of unbranched alkanes of at least 4 members (excludes halogenated alkanes) is 4. The smallest absolute Gasteiger partial charge is 0.305 e. The van der Waals surface area contributed by atoms with Gasteiger partial charge in [0.15, 0.2) is 0 Å². The van der Waals surface area contributed by atoms with Gasteiger partial charge in [-0.3, -0.25) is 9.59 Å². The lowest BCUT2D eigenvalue weighted by Gasteiger charge is -2.08. The van der Waals surface area contributed by atoms with E-state index in [9.17, 15) is 9.59 Å². The number of carbonyl (C=O) groups excluding carboxylic acids is 2. The molecule has 0 N–H and O–H groups in total. The Hall–Kier alpha value is -1.18. The largest absolute Gasteiger partial charge is 0.463 e. The third kappa shape index (κ3) is 21.0. The predicted molar refractivity (Wildman–Crippen MR) is 103 cm³/mol. The van der Waals surface area contributed by atoms with E-state index < -0.39 is 0 Å². The van der Waals surface area contributed by atoms with Crippen molar-refractivity contribution in [2.75, 3.05) is 52.9 Å². The zero-order valence-electron chi connectivity index (χ0n) is 17.2. The first kappa shape index (κ1) is 25.8. The van der Waals surface area contributed by atoms with Gasteiger partial charge in [-0.25, -0.2) is 0 Å². The van der Waals surface area contributed by atoms with Gasteiger partial charge in [0.2, 0.25) is 0 Å². The Kier molecular flexibility index (Phi) is 20.2. The van der Waals surface area contributed by atoms with Crippen molar-refractivity contribution < 1.29 is 33.3 Å². The Morgan fingerprint density at radius 3 is 1.44 bits per heavy atom. The van der Waals surface area contributed by atoms with Crippen LogP contribution in [-0.4, -0.2) is 64.8 Å². The Balaban J connectivity index is 3.16. The molecule has 0 rings (SSSR count). The third-order valence-electron chi connectivity index (χ3n) is 3.66. The van der Waals surface area contributed by atoms with Gasteiger partial charge < -0.3 is 23.7 Å². The quantitative estimate of drug-likeness (QED) is 0.233. The van der Waals surface area contributed by atoms with Crippen LogP contribution in [0.15, 0.2) is 0 Å². The molecule has 0 aliphatic heterocycles. The molecule has 0 radical (unpaired) electrons. The van der Waals surface area contributed by atoms with Gasteiger partial charge in [-0.15, -0.1) is 0 Å².